The first kappa shape index (κ1) is 12.6. The molecule has 1 aliphatic rings. The van der Waals surface area contributed by atoms with Gasteiger partial charge in [-0.1, -0.05) is 24.3 Å². The van der Waals surface area contributed by atoms with Crippen LogP contribution in [0.5, 0.6) is 5.75 Å². The molecule has 3 rings (SSSR count). The van der Waals surface area contributed by atoms with Crippen LogP contribution >= 0.6 is 11.3 Å². The van der Waals surface area contributed by atoms with Gasteiger partial charge in [-0.2, -0.15) is 5.10 Å². The zero-order valence-electron chi connectivity index (χ0n) is 10.6. The van der Waals surface area contributed by atoms with Crippen molar-refractivity contribution in [1.29, 1.82) is 0 Å². The standard InChI is InChI=1S/C15H12N2O2S/c18-15(14-6-3-7-20-14)17-16-9-11-8-12-4-1-2-5-13(12)19-10-11/h1-9H,10H2,(H,17,18)/b16-9+. The molecule has 4 nitrogen and oxygen atoms in total. The molecule has 5 heteroatoms. The van der Waals surface area contributed by atoms with Gasteiger partial charge in [0.15, 0.2) is 0 Å². The number of fused-ring (bicyclic) bond motifs is 1. The van der Waals surface area contributed by atoms with E-state index in [9.17, 15) is 4.79 Å². The Bertz CT molecular complexity index is 675. The summed E-state index contributed by atoms with van der Waals surface area (Å²) in [5.74, 6) is 0.668. The topological polar surface area (TPSA) is 50.7 Å². The van der Waals surface area contributed by atoms with Crippen LogP contribution in [0.15, 0.2) is 52.5 Å². The second kappa shape index (κ2) is 5.71. The lowest BCUT2D eigenvalue weighted by Gasteiger charge is -2.15. The zero-order chi connectivity index (χ0) is 13.8. The van der Waals surface area contributed by atoms with Crippen molar-refractivity contribution in [2.45, 2.75) is 0 Å². The minimum absolute atomic E-state index is 0.200. The second-order valence-corrected chi connectivity index (χ2v) is 5.17. The van der Waals surface area contributed by atoms with E-state index in [-0.39, 0.29) is 5.91 Å². The van der Waals surface area contributed by atoms with Crippen LogP contribution in [0.3, 0.4) is 0 Å². The molecule has 2 aromatic rings. The highest BCUT2D eigenvalue weighted by Gasteiger charge is 2.09. The number of nitrogens with zero attached hydrogens (tertiary/aromatic N) is 1. The molecule has 2 heterocycles. The Morgan fingerprint density at radius 2 is 2.20 bits per heavy atom. The largest absolute Gasteiger partial charge is 0.488 e. The number of thiophene rings is 1. The van der Waals surface area contributed by atoms with Crippen LogP contribution in [0, 0.1) is 0 Å². The number of hydrazone groups is 1. The van der Waals surface area contributed by atoms with Crippen molar-refractivity contribution in [1.82, 2.24) is 5.43 Å². The normalized spacial score (nSPS) is 13.5. The van der Waals surface area contributed by atoms with Crippen molar-refractivity contribution >= 4 is 29.5 Å². The van der Waals surface area contributed by atoms with E-state index in [1.807, 2.05) is 41.8 Å². The minimum Gasteiger partial charge on any atom is -0.488 e. The lowest BCUT2D eigenvalue weighted by molar-refractivity contribution is 0.0959. The van der Waals surface area contributed by atoms with Crippen molar-refractivity contribution in [3.63, 3.8) is 0 Å². The molecular formula is C15H12N2O2S. The first-order valence-electron chi connectivity index (χ1n) is 6.12. The summed E-state index contributed by atoms with van der Waals surface area (Å²) in [5, 5.41) is 5.81. The van der Waals surface area contributed by atoms with E-state index in [4.69, 9.17) is 4.74 Å². The van der Waals surface area contributed by atoms with Gasteiger partial charge in [0.25, 0.3) is 5.91 Å². The average Bonchev–Trinajstić information content (AvgIpc) is 3.01. The van der Waals surface area contributed by atoms with Gasteiger partial charge in [0.05, 0.1) is 11.1 Å². The molecule has 1 aromatic heterocycles. The predicted octanol–water partition coefficient (Wildman–Crippen LogP) is 2.94. The number of para-hydroxylation sites is 1. The van der Waals surface area contributed by atoms with Crippen molar-refractivity contribution in [2.75, 3.05) is 6.61 Å². The van der Waals surface area contributed by atoms with Gasteiger partial charge in [0.1, 0.15) is 12.4 Å². The summed E-state index contributed by atoms with van der Waals surface area (Å²) in [4.78, 5) is 12.3. The highest BCUT2D eigenvalue weighted by Crippen LogP contribution is 2.24. The van der Waals surface area contributed by atoms with Gasteiger partial charge in [-0.15, -0.1) is 11.3 Å². The molecule has 0 aliphatic carbocycles. The number of rotatable bonds is 3. The van der Waals surface area contributed by atoms with Crippen LogP contribution < -0.4 is 10.2 Å². The summed E-state index contributed by atoms with van der Waals surface area (Å²) >= 11 is 1.38. The van der Waals surface area contributed by atoms with Gasteiger partial charge < -0.3 is 4.74 Å². The molecule has 20 heavy (non-hydrogen) atoms. The maximum absolute atomic E-state index is 11.7. The van der Waals surface area contributed by atoms with E-state index in [0.717, 1.165) is 16.9 Å². The lowest BCUT2D eigenvalue weighted by Crippen LogP contribution is -2.17. The Labute approximate surface area is 120 Å². The van der Waals surface area contributed by atoms with Gasteiger partial charge in [-0.25, -0.2) is 5.43 Å². The van der Waals surface area contributed by atoms with E-state index in [1.165, 1.54) is 11.3 Å². The monoisotopic (exact) mass is 284 g/mol. The van der Waals surface area contributed by atoms with Crippen LogP contribution in [0.4, 0.5) is 0 Å². The molecule has 1 aromatic carbocycles. The van der Waals surface area contributed by atoms with Gasteiger partial charge in [0.2, 0.25) is 0 Å². The molecule has 0 spiro atoms. The Balaban J connectivity index is 1.66. The fourth-order valence-electron chi connectivity index (χ4n) is 1.84. The molecule has 1 aliphatic heterocycles. The molecule has 100 valence electrons. The Morgan fingerprint density at radius 1 is 1.30 bits per heavy atom. The van der Waals surface area contributed by atoms with Gasteiger partial charge in [0, 0.05) is 11.1 Å². The maximum Gasteiger partial charge on any atom is 0.281 e. The lowest BCUT2D eigenvalue weighted by atomic mass is 10.1. The third kappa shape index (κ3) is 2.78. The molecule has 1 amide bonds. The van der Waals surface area contributed by atoms with Gasteiger partial charge in [-0.05, 0) is 23.6 Å². The van der Waals surface area contributed by atoms with Crippen molar-refractivity contribution in [3.8, 4) is 5.75 Å². The second-order valence-electron chi connectivity index (χ2n) is 4.22. The third-order valence-electron chi connectivity index (χ3n) is 2.80. The van der Waals surface area contributed by atoms with Crippen LogP contribution in [0.2, 0.25) is 0 Å². The number of amides is 1. The van der Waals surface area contributed by atoms with E-state index < -0.39 is 0 Å². The summed E-state index contributed by atoms with van der Waals surface area (Å²) in [6.45, 7) is 0.454. The van der Waals surface area contributed by atoms with Crippen molar-refractivity contribution in [2.24, 2.45) is 5.10 Å². The number of nitrogens with one attached hydrogen (secondary N) is 1. The summed E-state index contributed by atoms with van der Waals surface area (Å²) in [6.07, 6.45) is 3.61. The summed E-state index contributed by atoms with van der Waals surface area (Å²) in [6, 6.07) is 11.4. The fraction of sp³-hybridized carbons (Fsp3) is 0.0667. The van der Waals surface area contributed by atoms with E-state index >= 15 is 0 Å². The third-order valence-corrected chi connectivity index (χ3v) is 3.66. The molecular weight excluding hydrogens is 272 g/mol. The number of hydrogen-bond donors (Lipinski definition) is 1. The smallest absolute Gasteiger partial charge is 0.281 e. The molecule has 0 unspecified atom stereocenters. The maximum atomic E-state index is 11.7. The fourth-order valence-corrected chi connectivity index (χ4v) is 2.46. The Morgan fingerprint density at radius 3 is 3.05 bits per heavy atom. The number of benzene rings is 1. The molecule has 0 bridgehead atoms. The van der Waals surface area contributed by atoms with Gasteiger partial charge >= 0.3 is 0 Å². The summed E-state index contributed by atoms with van der Waals surface area (Å²) < 4.78 is 5.60. The Kier molecular flexibility index (Phi) is 3.60. The minimum atomic E-state index is -0.200. The van der Waals surface area contributed by atoms with Crippen LogP contribution in [-0.4, -0.2) is 18.7 Å². The van der Waals surface area contributed by atoms with Crippen molar-refractivity contribution in [3.05, 3.63) is 57.8 Å². The van der Waals surface area contributed by atoms with Crippen molar-refractivity contribution < 1.29 is 9.53 Å². The highest BCUT2D eigenvalue weighted by atomic mass is 32.1. The molecule has 0 saturated carbocycles. The first-order chi connectivity index (χ1) is 9.83. The molecule has 0 atom stereocenters. The molecule has 0 saturated heterocycles. The van der Waals surface area contributed by atoms with E-state index in [0.29, 0.717) is 11.5 Å². The molecule has 0 fully saturated rings. The highest BCUT2D eigenvalue weighted by molar-refractivity contribution is 7.12. The quantitative estimate of drug-likeness (QED) is 0.696. The SMILES string of the molecule is O=C(N/N=C/C1=Cc2ccccc2OC1)c1cccs1. The van der Waals surface area contributed by atoms with Crippen LogP contribution in [0.25, 0.3) is 6.08 Å². The van der Waals surface area contributed by atoms with Crippen LogP contribution in [-0.2, 0) is 0 Å². The number of ether oxygens (including phenoxy) is 1. The predicted molar refractivity (Wildman–Crippen MR) is 80.2 cm³/mol. The first-order valence-corrected chi connectivity index (χ1v) is 7.00. The number of carbonyl (C=O) groups excluding carboxylic acids is 1. The van der Waals surface area contributed by atoms with Gasteiger partial charge in [-0.3, -0.25) is 4.79 Å². The zero-order valence-corrected chi connectivity index (χ0v) is 11.4. The van der Waals surface area contributed by atoms with Crippen LogP contribution in [0.1, 0.15) is 15.2 Å². The molecule has 0 radical (unpaired) electrons. The molecule has 1 N–H and O–H groups in total. The number of hydrogen-bond acceptors (Lipinski definition) is 4. The summed E-state index contributed by atoms with van der Waals surface area (Å²) in [7, 11) is 0. The average molecular weight is 284 g/mol. The Hall–Kier alpha value is -2.40. The van der Waals surface area contributed by atoms with E-state index in [2.05, 4.69) is 10.5 Å². The van der Waals surface area contributed by atoms with E-state index in [1.54, 1.807) is 12.3 Å². The number of carbonyl (C=O) groups is 1. The summed E-state index contributed by atoms with van der Waals surface area (Å²) in [5.41, 5.74) is 4.43.